The third-order valence-corrected chi connectivity index (χ3v) is 4.02. The van der Waals surface area contributed by atoms with E-state index >= 15 is 0 Å². The van der Waals surface area contributed by atoms with Gasteiger partial charge in [-0.05, 0) is 30.5 Å². The topological polar surface area (TPSA) is 88.9 Å². The van der Waals surface area contributed by atoms with Gasteiger partial charge in [-0.25, -0.2) is 4.98 Å². The van der Waals surface area contributed by atoms with Crippen LogP contribution in [0.5, 0.6) is 0 Å². The minimum atomic E-state index is -0.112. The number of nitrogens with one attached hydrogen (secondary N) is 2. The summed E-state index contributed by atoms with van der Waals surface area (Å²) < 4.78 is 1.56. The molecule has 26 heavy (non-hydrogen) atoms. The molecule has 0 bridgehead atoms. The third-order valence-electron chi connectivity index (χ3n) is 4.02. The smallest absolute Gasteiger partial charge is 0.241 e. The summed E-state index contributed by atoms with van der Waals surface area (Å²) in [6.07, 6.45) is 13.7. The molecule has 7 nitrogen and oxygen atoms in total. The molecule has 2 aromatic rings. The van der Waals surface area contributed by atoms with Crippen molar-refractivity contribution in [2.45, 2.75) is 25.8 Å². The van der Waals surface area contributed by atoms with Crippen molar-refractivity contribution in [2.75, 3.05) is 12.4 Å². The lowest BCUT2D eigenvalue weighted by Crippen LogP contribution is -2.23. The number of aromatic nitrogens is 3. The van der Waals surface area contributed by atoms with E-state index in [9.17, 15) is 9.59 Å². The minimum Gasteiger partial charge on any atom is -0.358 e. The Labute approximate surface area is 151 Å². The zero-order chi connectivity index (χ0) is 18.4. The van der Waals surface area contributed by atoms with Crippen molar-refractivity contribution in [3.63, 3.8) is 0 Å². The average molecular weight is 351 g/mol. The van der Waals surface area contributed by atoms with E-state index in [1.807, 2.05) is 12.1 Å². The summed E-state index contributed by atoms with van der Waals surface area (Å²) in [7, 11) is 1.59. The molecule has 0 atom stereocenters. The van der Waals surface area contributed by atoms with Crippen LogP contribution in [-0.2, 0) is 16.1 Å². The second-order valence-corrected chi connectivity index (χ2v) is 6.02. The fourth-order valence-electron chi connectivity index (χ4n) is 2.64. The Kier molecular flexibility index (Phi) is 5.58. The number of likely N-dealkylation sites (N-methyl/N-ethyl adjacent to an activating group) is 1. The van der Waals surface area contributed by atoms with Crippen molar-refractivity contribution in [3.8, 4) is 11.1 Å². The van der Waals surface area contributed by atoms with Gasteiger partial charge in [0.2, 0.25) is 11.8 Å². The molecular weight excluding hydrogens is 330 g/mol. The second kappa shape index (κ2) is 8.24. The Morgan fingerprint density at radius 3 is 2.73 bits per heavy atom. The lowest BCUT2D eigenvalue weighted by atomic mass is 10.0. The minimum absolute atomic E-state index is 0.0820. The number of pyridine rings is 1. The van der Waals surface area contributed by atoms with Crippen molar-refractivity contribution < 1.29 is 9.59 Å². The van der Waals surface area contributed by atoms with Crippen LogP contribution in [0.25, 0.3) is 11.1 Å². The van der Waals surface area contributed by atoms with E-state index in [0.717, 1.165) is 29.5 Å². The number of hydrogen-bond acceptors (Lipinski definition) is 4. The van der Waals surface area contributed by atoms with Gasteiger partial charge in [0, 0.05) is 30.6 Å². The molecule has 0 aromatic carbocycles. The van der Waals surface area contributed by atoms with Crippen LogP contribution in [0.4, 0.5) is 5.82 Å². The van der Waals surface area contributed by atoms with Gasteiger partial charge in [0.1, 0.15) is 12.4 Å². The average Bonchev–Trinajstić information content (AvgIpc) is 3.11. The molecule has 7 heteroatoms. The van der Waals surface area contributed by atoms with E-state index in [4.69, 9.17) is 0 Å². The molecule has 1 aliphatic rings. The fourth-order valence-corrected chi connectivity index (χ4v) is 2.64. The van der Waals surface area contributed by atoms with Crippen molar-refractivity contribution in [1.29, 1.82) is 0 Å². The monoisotopic (exact) mass is 351 g/mol. The lowest BCUT2D eigenvalue weighted by Gasteiger charge is -2.08. The fraction of sp³-hybridized carbons (Fsp3) is 0.263. The molecule has 2 N–H and O–H groups in total. The van der Waals surface area contributed by atoms with E-state index in [0.29, 0.717) is 12.2 Å². The Hall–Kier alpha value is -3.22. The zero-order valence-electron chi connectivity index (χ0n) is 14.6. The maximum Gasteiger partial charge on any atom is 0.241 e. The van der Waals surface area contributed by atoms with Gasteiger partial charge in [0.25, 0.3) is 0 Å². The molecule has 1 aliphatic carbocycles. The summed E-state index contributed by atoms with van der Waals surface area (Å²) >= 11 is 0. The Morgan fingerprint density at radius 1 is 1.15 bits per heavy atom. The Balaban J connectivity index is 1.59. The largest absolute Gasteiger partial charge is 0.358 e. The van der Waals surface area contributed by atoms with Crippen LogP contribution in [0.2, 0.25) is 0 Å². The van der Waals surface area contributed by atoms with Gasteiger partial charge >= 0.3 is 0 Å². The van der Waals surface area contributed by atoms with E-state index in [1.54, 1.807) is 36.4 Å². The van der Waals surface area contributed by atoms with Crippen molar-refractivity contribution in [2.24, 2.45) is 0 Å². The van der Waals surface area contributed by atoms with Crippen LogP contribution < -0.4 is 10.6 Å². The van der Waals surface area contributed by atoms with E-state index in [2.05, 4.69) is 32.9 Å². The molecular formula is C19H21N5O2. The van der Waals surface area contributed by atoms with Gasteiger partial charge in [-0.3, -0.25) is 14.3 Å². The first kappa shape index (κ1) is 17.6. The summed E-state index contributed by atoms with van der Waals surface area (Å²) in [6, 6.07) is 3.62. The predicted octanol–water partition coefficient (Wildman–Crippen LogP) is 2.30. The van der Waals surface area contributed by atoms with Crippen LogP contribution in [0.15, 0.2) is 54.5 Å². The molecule has 0 spiro atoms. The molecule has 0 saturated carbocycles. The number of hydrogen-bond donors (Lipinski definition) is 2. The van der Waals surface area contributed by atoms with Crippen molar-refractivity contribution in [1.82, 2.24) is 20.1 Å². The molecule has 0 radical (unpaired) electrons. The number of rotatable bonds is 6. The summed E-state index contributed by atoms with van der Waals surface area (Å²) in [4.78, 5) is 27.8. The first-order valence-corrected chi connectivity index (χ1v) is 8.49. The van der Waals surface area contributed by atoms with Crippen LogP contribution in [0.3, 0.4) is 0 Å². The SMILES string of the molecule is CNC(=O)Cn1cc(-c2ccc(NC(=O)CC3=CCCC=C3)nc2)cn1. The van der Waals surface area contributed by atoms with E-state index in [-0.39, 0.29) is 18.4 Å². The van der Waals surface area contributed by atoms with Crippen molar-refractivity contribution in [3.05, 3.63) is 54.5 Å². The van der Waals surface area contributed by atoms with Crippen molar-refractivity contribution >= 4 is 17.6 Å². The number of amides is 2. The second-order valence-electron chi connectivity index (χ2n) is 6.02. The Bertz CT molecular complexity index is 849. The number of anilines is 1. The first-order chi connectivity index (χ1) is 12.6. The number of carbonyl (C=O) groups excluding carboxylic acids is 2. The van der Waals surface area contributed by atoms with Gasteiger partial charge in [-0.15, -0.1) is 0 Å². The quantitative estimate of drug-likeness (QED) is 0.836. The molecule has 2 amide bonds. The highest BCUT2D eigenvalue weighted by Gasteiger charge is 2.08. The molecule has 134 valence electrons. The van der Waals surface area contributed by atoms with Gasteiger partial charge < -0.3 is 10.6 Å². The normalized spacial score (nSPS) is 13.2. The first-order valence-electron chi connectivity index (χ1n) is 8.49. The van der Waals surface area contributed by atoms with E-state index in [1.165, 1.54) is 0 Å². The number of carbonyl (C=O) groups is 2. The standard InChI is InChI=1S/C19H21N5O2/c1-20-19(26)13-24-12-16(11-22-24)15-7-8-17(21-10-15)23-18(25)9-14-5-3-2-4-6-14/h3,5-8,10-12H,2,4,9,13H2,1H3,(H,20,26)(H,21,23,25). The van der Waals surface area contributed by atoms with Gasteiger partial charge in [-0.1, -0.05) is 18.2 Å². The van der Waals surface area contributed by atoms with Gasteiger partial charge in [0.15, 0.2) is 0 Å². The van der Waals surface area contributed by atoms with Gasteiger partial charge in [0.05, 0.1) is 12.6 Å². The summed E-state index contributed by atoms with van der Waals surface area (Å²) in [5, 5.41) is 9.53. The van der Waals surface area contributed by atoms with Crippen LogP contribution in [-0.4, -0.2) is 33.6 Å². The highest BCUT2D eigenvalue weighted by Crippen LogP contribution is 2.19. The number of nitrogens with zero attached hydrogens (tertiary/aromatic N) is 3. The molecule has 0 saturated heterocycles. The maximum atomic E-state index is 12.1. The molecule has 2 heterocycles. The van der Waals surface area contributed by atoms with Gasteiger partial charge in [-0.2, -0.15) is 5.10 Å². The molecule has 0 aliphatic heterocycles. The van der Waals surface area contributed by atoms with Crippen LogP contribution in [0.1, 0.15) is 19.3 Å². The maximum absolute atomic E-state index is 12.1. The summed E-state index contributed by atoms with van der Waals surface area (Å²) in [5.74, 6) is 0.317. The highest BCUT2D eigenvalue weighted by molar-refractivity contribution is 5.92. The Morgan fingerprint density at radius 2 is 2.04 bits per heavy atom. The number of allylic oxidation sites excluding steroid dienone is 3. The lowest BCUT2D eigenvalue weighted by molar-refractivity contribution is -0.121. The summed E-state index contributed by atoms with van der Waals surface area (Å²) in [5.41, 5.74) is 2.76. The van der Waals surface area contributed by atoms with Crippen LogP contribution in [0, 0.1) is 0 Å². The highest BCUT2D eigenvalue weighted by atomic mass is 16.2. The summed E-state index contributed by atoms with van der Waals surface area (Å²) in [6.45, 7) is 0.169. The molecule has 3 rings (SSSR count). The van der Waals surface area contributed by atoms with E-state index < -0.39 is 0 Å². The zero-order valence-corrected chi connectivity index (χ0v) is 14.6. The van der Waals surface area contributed by atoms with Crippen LogP contribution >= 0.6 is 0 Å². The molecule has 2 aromatic heterocycles. The predicted molar refractivity (Wildman–Crippen MR) is 99.2 cm³/mol. The molecule has 0 fully saturated rings. The molecule has 0 unspecified atom stereocenters. The third kappa shape index (κ3) is 4.66.